The molecule has 118 valence electrons. The van der Waals surface area contributed by atoms with Gasteiger partial charge in [-0.05, 0) is 57.2 Å². The monoisotopic (exact) mass is 409 g/mol. The highest BCUT2D eigenvalue weighted by Crippen LogP contribution is 2.39. The van der Waals surface area contributed by atoms with Crippen molar-refractivity contribution in [2.24, 2.45) is 10.7 Å². The van der Waals surface area contributed by atoms with E-state index in [1.165, 1.54) is 12.1 Å². The molecule has 2 rings (SSSR count). The first-order valence-corrected chi connectivity index (χ1v) is 6.80. The Morgan fingerprint density at radius 1 is 1.19 bits per heavy atom. The van der Waals surface area contributed by atoms with Gasteiger partial charge in [0.05, 0.1) is 6.04 Å². The summed E-state index contributed by atoms with van der Waals surface area (Å²) >= 11 is 0. The van der Waals surface area contributed by atoms with Crippen molar-refractivity contribution >= 4 is 29.9 Å². The molecule has 6 heteroatoms. The molecule has 0 amide bonds. The molecular weight excluding hydrogens is 387 g/mol. The Bertz CT molecular complexity index is 500. The second-order valence-electron chi connectivity index (χ2n) is 6.41. The Morgan fingerprint density at radius 2 is 1.71 bits per heavy atom. The number of nitrogens with one attached hydrogen (secondary N) is 1. The molecule has 0 aliphatic heterocycles. The van der Waals surface area contributed by atoms with E-state index in [4.69, 9.17) is 5.73 Å². The van der Waals surface area contributed by atoms with Gasteiger partial charge in [-0.1, -0.05) is 0 Å². The van der Waals surface area contributed by atoms with E-state index >= 15 is 0 Å². The Morgan fingerprint density at radius 3 is 2.19 bits per heavy atom. The molecule has 1 aliphatic rings. The minimum atomic E-state index is -0.527. The van der Waals surface area contributed by atoms with Crippen LogP contribution in [0.5, 0.6) is 0 Å². The smallest absolute Gasteiger partial charge is 0.189 e. The lowest BCUT2D eigenvalue weighted by Gasteiger charge is -2.33. The van der Waals surface area contributed by atoms with Crippen LogP contribution in [0.3, 0.4) is 0 Å². The van der Waals surface area contributed by atoms with Crippen LogP contribution < -0.4 is 11.1 Å². The Labute approximate surface area is 141 Å². The summed E-state index contributed by atoms with van der Waals surface area (Å²) in [5, 5.41) is 3.10. The third-order valence-electron chi connectivity index (χ3n) is 3.29. The number of nitrogens with zero attached hydrogens (tertiary/aromatic N) is 1. The first-order valence-electron chi connectivity index (χ1n) is 6.80. The van der Waals surface area contributed by atoms with Crippen LogP contribution in [0.15, 0.2) is 23.2 Å². The molecular formula is C15H22F2IN3. The molecule has 0 unspecified atom stereocenters. The minimum absolute atomic E-state index is 0. The predicted octanol–water partition coefficient (Wildman–Crippen LogP) is 3.53. The van der Waals surface area contributed by atoms with Crippen LogP contribution in [0.1, 0.15) is 45.1 Å². The highest BCUT2D eigenvalue weighted by atomic mass is 127. The zero-order valence-electron chi connectivity index (χ0n) is 12.5. The van der Waals surface area contributed by atoms with E-state index in [1.807, 2.05) is 20.8 Å². The average Bonchev–Trinajstić information content (AvgIpc) is 2.18. The van der Waals surface area contributed by atoms with Crippen LogP contribution in [0.25, 0.3) is 0 Å². The highest BCUT2D eigenvalue weighted by Gasteiger charge is 2.31. The van der Waals surface area contributed by atoms with Crippen molar-refractivity contribution in [3.63, 3.8) is 0 Å². The highest BCUT2D eigenvalue weighted by molar-refractivity contribution is 14.0. The number of nitrogens with two attached hydrogens (primary N) is 1. The molecule has 1 aliphatic carbocycles. The molecule has 1 aromatic rings. The van der Waals surface area contributed by atoms with E-state index in [2.05, 4.69) is 10.3 Å². The van der Waals surface area contributed by atoms with Crippen molar-refractivity contribution in [3.05, 3.63) is 35.4 Å². The number of halogens is 3. The summed E-state index contributed by atoms with van der Waals surface area (Å²) < 4.78 is 26.3. The van der Waals surface area contributed by atoms with Crippen LogP contribution in [0.2, 0.25) is 0 Å². The van der Waals surface area contributed by atoms with Crippen LogP contribution in [0.4, 0.5) is 8.78 Å². The fourth-order valence-electron chi connectivity index (χ4n) is 2.39. The van der Waals surface area contributed by atoms with Crippen molar-refractivity contribution < 1.29 is 8.78 Å². The van der Waals surface area contributed by atoms with Crippen LogP contribution >= 0.6 is 24.0 Å². The Kier molecular flexibility index (Phi) is 5.95. The SMILES string of the molecule is CC(C)(C)NC(N)=NC1CC(c2cc(F)cc(F)c2)C1.I. The second kappa shape index (κ2) is 6.89. The lowest BCUT2D eigenvalue weighted by molar-refractivity contribution is 0.349. The number of benzene rings is 1. The normalized spacial score (nSPS) is 22.2. The second-order valence-corrected chi connectivity index (χ2v) is 6.41. The molecule has 0 radical (unpaired) electrons. The van der Waals surface area contributed by atoms with Gasteiger partial charge in [0.1, 0.15) is 11.6 Å². The molecule has 1 fully saturated rings. The molecule has 1 aromatic carbocycles. The third-order valence-corrected chi connectivity index (χ3v) is 3.29. The summed E-state index contributed by atoms with van der Waals surface area (Å²) in [7, 11) is 0. The van der Waals surface area contributed by atoms with E-state index < -0.39 is 11.6 Å². The summed E-state index contributed by atoms with van der Waals surface area (Å²) in [6, 6.07) is 3.80. The summed E-state index contributed by atoms with van der Waals surface area (Å²) in [6.45, 7) is 6.03. The quantitative estimate of drug-likeness (QED) is 0.446. The van der Waals surface area contributed by atoms with E-state index in [0.717, 1.165) is 18.9 Å². The van der Waals surface area contributed by atoms with Gasteiger partial charge in [0.15, 0.2) is 5.96 Å². The topological polar surface area (TPSA) is 50.4 Å². The maximum atomic E-state index is 13.1. The van der Waals surface area contributed by atoms with Crippen molar-refractivity contribution in [2.45, 2.75) is 51.1 Å². The molecule has 0 bridgehead atoms. The van der Waals surface area contributed by atoms with Crippen LogP contribution in [0, 0.1) is 11.6 Å². The largest absolute Gasteiger partial charge is 0.370 e. The summed E-state index contributed by atoms with van der Waals surface area (Å²) in [5.41, 5.74) is 6.40. The molecule has 0 spiro atoms. The summed E-state index contributed by atoms with van der Waals surface area (Å²) in [5.74, 6) is -0.468. The van der Waals surface area contributed by atoms with Crippen molar-refractivity contribution in [3.8, 4) is 0 Å². The average molecular weight is 409 g/mol. The maximum Gasteiger partial charge on any atom is 0.189 e. The van der Waals surface area contributed by atoms with Gasteiger partial charge in [-0.2, -0.15) is 0 Å². The third kappa shape index (κ3) is 5.41. The van der Waals surface area contributed by atoms with Crippen LogP contribution in [-0.4, -0.2) is 17.5 Å². The first-order chi connectivity index (χ1) is 9.23. The van der Waals surface area contributed by atoms with Gasteiger partial charge in [-0.3, -0.25) is 4.99 Å². The molecule has 3 N–H and O–H groups in total. The van der Waals surface area contributed by atoms with Gasteiger partial charge in [-0.15, -0.1) is 24.0 Å². The van der Waals surface area contributed by atoms with Crippen molar-refractivity contribution in [1.29, 1.82) is 0 Å². The number of aliphatic imine (C=N–C) groups is 1. The Hall–Kier alpha value is -0.920. The standard InChI is InChI=1S/C15H21F2N3.HI/c1-15(2,3)20-14(18)19-13-6-10(7-13)9-4-11(16)8-12(17)5-9;/h4-5,8,10,13H,6-7H2,1-3H3,(H3,18,19,20);1H. The molecule has 3 nitrogen and oxygen atoms in total. The predicted molar refractivity (Wildman–Crippen MR) is 92.0 cm³/mol. The Balaban J connectivity index is 0.00000220. The van der Waals surface area contributed by atoms with Crippen molar-refractivity contribution in [2.75, 3.05) is 0 Å². The van der Waals surface area contributed by atoms with Gasteiger partial charge in [0, 0.05) is 11.6 Å². The molecule has 0 saturated heterocycles. The van der Waals surface area contributed by atoms with Crippen molar-refractivity contribution in [1.82, 2.24) is 5.32 Å². The number of rotatable bonds is 2. The lowest BCUT2D eigenvalue weighted by atomic mass is 9.76. The van der Waals surface area contributed by atoms with E-state index in [-0.39, 0.29) is 41.5 Å². The fraction of sp³-hybridized carbons (Fsp3) is 0.533. The summed E-state index contributed by atoms with van der Waals surface area (Å²) in [6.07, 6.45) is 1.55. The first kappa shape index (κ1) is 18.1. The summed E-state index contributed by atoms with van der Waals surface area (Å²) in [4.78, 5) is 4.38. The fourth-order valence-corrected chi connectivity index (χ4v) is 2.39. The number of guanidine groups is 1. The van der Waals surface area contributed by atoms with Gasteiger partial charge >= 0.3 is 0 Å². The lowest BCUT2D eigenvalue weighted by Crippen LogP contribution is -2.46. The van der Waals surface area contributed by atoms with Crippen LogP contribution in [-0.2, 0) is 0 Å². The van der Waals surface area contributed by atoms with E-state index in [9.17, 15) is 8.78 Å². The molecule has 21 heavy (non-hydrogen) atoms. The van der Waals surface area contributed by atoms with Gasteiger partial charge in [-0.25, -0.2) is 8.78 Å². The van der Waals surface area contributed by atoms with Gasteiger partial charge < -0.3 is 11.1 Å². The molecule has 0 aromatic heterocycles. The van der Waals surface area contributed by atoms with E-state index in [0.29, 0.717) is 11.5 Å². The molecule has 0 heterocycles. The number of hydrogen-bond acceptors (Lipinski definition) is 1. The van der Waals surface area contributed by atoms with Gasteiger partial charge in [0.2, 0.25) is 0 Å². The zero-order valence-corrected chi connectivity index (χ0v) is 14.8. The van der Waals surface area contributed by atoms with E-state index in [1.54, 1.807) is 0 Å². The minimum Gasteiger partial charge on any atom is -0.370 e. The zero-order chi connectivity index (χ0) is 14.9. The molecule has 0 atom stereocenters. The molecule has 1 saturated carbocycles. The maximum absolute atomic E-state index is 13.1. The van der Waals surface area contributed by atoms with Gasteiger partial charge in [0.25, 0.3) is 0 Å². The number of hydrogen-bond donors (Lipinski definition) is 2.